The van der Waals surface area contributed by atoms with Crippen LogP contribution in [0.4, 0.5) is 5.69 Å². The molecule has 2 heterocycles. The van der Waals surface area contributed by atoms with E-state index in [9.17, 15) is 4.79 Å². The van der Waals surface area contributed by atoms with Crippen molar-refractivity contribution in [1.82, 2.24) is 20.0 Å². The highest BCUT2D eigenvalue weighted by atomic mass is 16.1. The van der Waals surface area contributed by atoms with E-state index in [1.54, 1.807) is 6.07 Å². The molecule has 0 aliphatic carbocycles. The molecule has 116 valence electrons. The lowest BCUT2D eigenvalue weighted by molar-refractivity contribution is 0.102. The zero-order valence-electron chi connectivity index (χ0n) is 12.6. The summed E-state index contributed by atoms with van der Waals surface area (Å²) in [5.74, 6) is -0.220. The summed E-state index contributed by atoms with van der Waals surface area (Å²) in [5, 5.41) is 15.7. The second kappa shape index (κ2) is 5.92. The van der Waals surface area contributed by atoms with E-state index in [-0.39, 0.29) is 5.91 Å². The fourth-order valence-electron chi connectivity index (χ4n) is 2.49. The summed E-state index contributed by atoms with van der Waals surface area (Å²) in [7, 11) is 0. The minimum atomic E-state index is -0.220. The van der Waals surface area contributed by atoms with E-state index in [2.05, 4.69) is 20.6 Å². The number of hydrogen-bond acceptors (Lipinski definition) is 4. The normalized spacial score (nSPS) is 10.7. The van der Waals surface area contributed by atoms with Gasteiger partial charge in [-0.05, 0) is 36.4 Å². The molecule has 1 amide bonds. The van der Waals surface area contributed by atoms with E-state index in [1.807, 2.05) is 59.4 Å². The van der Waals surface area contributed by atoms with Crippen LogP contribution in [0, 0.1) is 0 Å². The molecule has 0 unspecified atom stereocenters. The lowest BCUT2D eigenvalue weighted by atomic mass is 10.2. The molecule has 6 heteroatoms. The van der Waals surface area contributed by atoms with E-state index < -0.39 is 0 Å². The highest BCUT2D eigenvalue weighted by molar-refractivity contribution is 6.04. The Morgan fingerprint density at radius 1 is 0.917 bits per heavy atom. The molecular formula is C18H13N5O. The van der Waals surface area contributed by atoms with Gasteiger partial charge in [0.05, 0.1) is 35.4 Å². The predicted octanol–water partition coefficient (Wildman–Crippen LogP) is 3.07. The van der Waals surface area contributed by atoms with Crippen LogP contribution < -0.4 is 5.32 Å². The van der Waals surface area contributed by atoms with Gasteiger partial charge in [0.2, 0.25) is 0 Å². The number of aromatic nitrogens is 4. The molecule has 24 heavy (non-hydrogen) atoms. The number of para-hydroxylation sites is 1. The van der Waals surface area contributed by atoms with Crippen LogP contribution in [-0.4, -0.2) is 25.9 Å². The lowest BCUT2D eigenvalue weighted by Gasteiger charge is -2.07. The largest absolute Gasteiger partial charge is 0.322 e. The van der Waals surface area contributed by atoms with E-state index >= 15 is 0 Å². The number of nitrogens with one attached hydrogen (secondary N) is 1. The van der Waals surface area contributed by atoms with Crippen molar-refractivity contribution in [2.75, 3.05) is 5.32 Å². The molecule has 0 saturated heterocycles. The minimum Gasteiger partial charge on any atom is -0.322 e. The third kappa shape index (κ3) is 2.61. The molecule has 4 aromatic rings. The number of anilines is 1. The maximum Gasteiger partial charge on any atom is 0.257 e. The molecule has 1 N–H and O–H groups in total. The molecule has 6 nitrogen and oxygen atoms in total. The number of nitrogens with zero attached hydrogens (tertiary/aromatic N) is 4. The van der Waals surface area contributed by atoms with Gasteiger partial charge in [-0.2, -0.15) is 15.3 Å². The van der Waals surface area contributed by atoms with Crippen molar-refractivity contribution in [3.05, 3.63) is 78.8 Å². The molecule has 2 aromatic heterocycles. The van der Waals surface area contributed by atoms with Crippen LogP contribution >= 0.6 is 0 Å². The van der Waals surface area contributed by atoms with Gasteiger partial charge >= 0.3 is 0 Å². The SMILES string of the molecule is O=C(Nc1ccc(-n2ncc3ccccc32)cc1)c1ccnnc1. The molecule has 0 spiro atoms. The summed E-state index contributed by atoms with van der Waals surface area (Å²) in [6.45, 7) is 0. The maximum atomic E-state index is 12.1. The first-order valence-corrected chi connectivity index (χ1v) is 7.42. The fourth-order valence-corrected chi connectivity index (χ4v) is 2.49. The third-order valence-corrected chi connectivity index (χ3v) is 3.69. The lowest BCUT2D eigenvalue weighted by Crippen LogP contribution is -2.12. The van der Waals surface area contributed by atoms with Crippen LogP contribution in [-0.2, 0) is 0 Å². The Labute approximate surface area is 137 Å². The first-order valence-electron chi connectivity index (χ1n) is 7.42. The Morgan fingerprint density at radius 2 is 1.75 bits per heavy atom. The van der Waals surface area contributed by atoms with Gasteiger partial charge in [-0.15, -0.1) is 0 Å². The highest BCUT2D eigenvalue weighted by Crippen LogP contribution is 2.19. The second-order valence-corrected chi connectivity index (χ2v) is 5.25. The molecule has 0 radical (unpaired) electrons. The Bertz CT molecular complexity index is 993. The highest BCUT2D eigenvalue weighted by Gasteiger charge is 2.07. The number of benzene rings is 2. The molecular weight excluding hydrogens is 302 g/mol. The monoisotopic (exact) mass is 315 g/mol. The summed E-state index contributed by atoms with van der Waals surface area (Å²) in [6.07, 6.45) is 4.75. The van der Waals surface area contributed by atoms with Crippen LogP contribution in [0.5, 0.6) is 0 Å². The fraction of sp³-hybridized carbons (Fsp3) is 0. The minimum absolute atomic E-state index is 0.220. The molecule has 0 saturated carbocycles. The van der Waals surface area contributed by atoms with Gasteiger partial charge in [-0.1, -0.05) is 18.2 Å². The number of rotatable bonds is 3. The average molecular weight is 315 g/mol. The maximum absolute atomic E-state index is 12.1. The zero-order chi connectivity index (χ0) is 16.4. The van der Waals surface area contributed by atoms with Gasteiger partial charge in [0.15, 0.2) is 0 Å². The molecule has 0 aliphatic heterocycles. The Kier molecular flexibility index (Phi) is 3.47. The molecule has 0 bridgehead atoms. The van der Waals surface area contributed by atoms with Crippen molar-refractivity contribution < 1.29 is 4.79 Å². The number of fused-ring (bicyclic) bond motifs is 1. The third-order valence-electron chi connectivity index (χ3n) is 3.69. The number of amides is 1. The summed E-state index contributed by atoms with van der Waals surface area (Å²) in [4.78, 5) is 12.1. The van der Waals surface area contributed by atoms with E-state index in [0.29, 0.717) is 11.3 Å². The van der Waals surface area contributed by atoms with Gasteiger partial charge in [0.1, 0.15) is 0 Å². The smallest absolute Gasteiger partial charge is 0.257 e. The van der Waals surface area contributed by atoms with Crippen molar-refractivity contribution in [3.63, 3.8) is 0 Å². The van der Waals surface area contributed by atoms with Crippen LogP contribution in [0.1, 0.15) is 10.4 Å². The van der Waals surface area contributed by atoms with Crippen LogP contribution in [0.15, 0.2) is 73.2 Å². The van der Waals surface area contributed by atoms with Crippen LogP contribution in [0.25, 0.3) is 16.6 Å². The zero-order valence-corrected chi connectivity index (χ0v) is 12.6. The van der Waals surface area contributed by atoms with Gasteiger partial charge in [-0.25, -0.2) is 4.68 Å². The Hall–Kier alpha value is -3.54. The summed E-state index contributed by atoms with van der Waals surface area (Å²) in [6, 6.07) is 17.2. The molecule has 4 rings (SSSR count). The Morgan fingerprint density at radius 3 is 2.54 bits per heavy atom. The predicted molar refractivity (Wildman–Crippen MR) is 91.1 cm³/mol. The number of carbonyl (C=O) groups excluding carboxylic acids is 1. The van der Waals surface area contributed by atoms with Gasteiger partial charge < -0.3 is 5.32 Å². The van der Waals surface area contributed by atoms with Crippen molar-refractivity contribution in [1.29, 1.82) is 0 Å². The number of carbonyl (C=O) groups is 1. The van der Waals surface area contributed by atoms with Crippen molar-refractivity contribution >= 4 is 22.5 Å². The summed E-state index contributed by atoms with van der Waals surface area (Å²) < 4.78 is 1.87. The topological polar surface area (TPSA) is 72.7 Å². The van der Waals surface area contributed by atoms with E-state index in [4.69, 9.17) is 0 Å². The van der Waals surface area contributed by atoms with Crippen molar-refractivity contribution in [3.8, 4) is 5.69 Å². The molecule has 2 aromatic carbocycles. The molecule has 0 aliphatic rings. The standard InChI is InChI=1S/C18H13N5O/c24-18(14-9-10-19-20-11-14)22-15-5-7-16(8-6-15)23-17-4-2-1-3-13(17)12-21-23/h1-12H,(H,22,24). The molecule has 0 fully saturated rings. The number of hydrogen-bond donors (Lipinski definition) is 1. The van der Waals surface area contributed by atoms with Gasteiger partial charge in [0, 0.05) is 11.1 Å². The van der Waals surface area contributed by atoms with Crippen molar-refractivity contribution in [2.24, 2.45) is 0 Å². The van der Waals surface area contributed by atoms with Crippen LogP contribution in [0.3, 0.4) is 0 Å². The van der Waals surface area contributed by atoms with Crippen molar-refractivity contribution in [2.45, 2.75) is 0 Å². The molecule has 0 atom stereocenters. The first kappa shape index (κ1) is 14.1. The quantitative estimate of drug-likeness (QED) is 0.630. The van der Waals surface area contributed by atoms with E-state index in [0.717, 1.165) is 16.6 Å². The first-order chi connectivity index (χ1) is 11.8. The van der Waals surface area contributed by atoms with Gasteiger partial charge in [-0.3, -0.25) is 4.79 Å². The van der Waals surface area contributed by atoms with Gasteiger partial charge in [0.25, 0.3) is 5.91 Å². The second-order valence-electron chi connectivity index (χ2n) is 5.25. The van der Waals surface area contributed by atoms with Crippen LogP contribution in [0.2, 0.25) is 0 Å². The summed E-state index contributed by atoms with van der Waals surface area (Å²) >= 11 is 0. The van der Waals surface area contributed by atoms with E-state index in [1.165, 1.54) is 12.4 Å². The average Bonchev–Trinajstić information content (AvgIpc) is 3.07. The summed E-state index contributed by atoms with van der Waals surface area (Å²) in [5.41, 5.74) is 3.14. The Balaban J connectivity index is 1.58.